The summed E-state index contributed by atoms with van der Waals surface area (Å²) in [7, 11) is 1.65. The Morgan fingerprint density at radius 2 is 2.22 bits per heavy atom. The molecule has 0 saturated heterocycles. The molecule has 1 aromatic carbocycles. The van der Waals surface area contributed by atoms with Gasteiger partial charge in [0.2, 0.25) is 0 Å². The first-order valence-corrected chi connectivity index (χ1v) is 7.46. The van der Waals surface area contributed by atoms with Crippen molar-refractivity contribution in [2.24, 2.45) is 0 Å². The van der Waals surface area contributed by atoms with Crippen molar-refractivity contribution >= 4 is 44.6 Å². The number of halogens is 2. The second-order valence-corrected chi connectivity index (χ2v) is 6.11. The van der Waals surface area contributed by atoms with Crippen LogP contribution in [-0.2, 0) is 6.54 Å². The van der Waals surface area contributed by atoms with E-state index in [1.54, 1.807) is 18.4 Å². The van der Waals surface area contributed by atoms with Crippen molar-refractivity contribution in [1.82, 2.24) is 0 Å². The number of benzene rings is 1. The number of aryl methyl sites for hydroxylation is 1. The van der Waals surface area contributed by atoms with Gasteiger partial charge in [0.1, 0.15) is 5.75 Å². The lowest BCUT2D eigenvalue weighted by Gasteiger charge is -2.12. The van der Waals surface area contributed by atoms with Crippen LogP contribution in [0.2, 0.25) is 5.02 Å². The summed E-state index contributed by atoms with van der Waals surface area (Å²) in [5, 5.41) is 6.15. The first-order chi connectivity index (χ1) is 8.61. The number of methoxy groups -OCH3 is 1. The van der Waals surface area contributed by atoms with Crippen LogP contribution in [0.15, 0.2) is 28.1 Å². The van der Waals surface area contributed by atoms with E-state index in [1.165, 1.54) is 4.88 Å². The molecule has 0 spiro atoms. The zero-order valence-electron chi connectivity index (χ0n) is 10.1. The van der Waals surface area contributed by atoms with Gasteiger partial charge in [-0.25, -0.2) is 0 Å². The van der Waals surface area contributed by atoms with Crippen LogP contribution in [0.4, 0.5) is 5.69 Å². The average Bonchev–Trinajstić information content (AvgIpc) is 2.76. The normalized spacial score (nSPS) is 10.4. The van der Waals surface area contributed by atoms with Gasteiger partial charge in [0.15, 0.2) is 0 Å². The third kappa shape index (κ3) is 2.99. The number of hydrogen-bond acceptors (Lipinski definition) is 3. The number of thiophene rings is 1. The molecule has 5 heteroatoms. The lowest BCUT2D eigenvalue weighted by atomic mass is 10.2. The highest BCUT2D eigenvalue weighted by atomic mass is 79.9. The lowest BCUT2D eigenvalue weighted by Crippen LogP contribution is -2.01. The summed E-state index contributed by atoms with van der Waals surface area (Å²) in [5.74, 6) is 0.762. The Morgan fingerprint density at radius 3 is 2.83 bits per heavy atom. The van der Waals surface area contributed by atoms with Gasteiger partial charge in [0.25, 0.3) is 0 Å². The van der Waals surface area contributed by atoms with Crippen LogP contribution < -0.4 is 10.1 Å². The van der Waals surface area contributed by atoms with E-state index >= 15 is 0 Å². The number of rotatable bonds is 4. The highest BCUT2D eigenvalue weighted by molar-refractivity contribution is 9.10. The fourth-order valence-corrected chi connectivity index (χ4v) is 3.18. The predicted octanol–water partition coefficient (Wildman–Crippen LogP) is 5.09. The Bertz CT molecular complexity index is 556. The highest BCUT2D eigenvalue weighted by Gasteiger charge is 2.08. The van der Waals surface area contributed by atoms with Gasteiger partial charge in [0, 0.05) is 20.4 Å². The van der Waals surface area contributed by atoms with Crippen molar-refractivity contribution in [3.8, 4) is 5.75 Å². The summed E-state index contributed by atoms with van der Waals surface area (Å²) in [5.41, 5.74) is 1.99. The zero-order chi connectivity index (χ0) is 13.1. The minimum Gasteiger partial charge on any atom is -0.495 e. The van der Waals surface area contributed by atoms with Crippen LogP contribution in [0.25, 0.3) is 0 Å². The van der Waals surface area contributed by atoms with E-state index in [0.29, 0.717) is 0 Å². The van der Waals surface area contributed by atoms with Gasteiger partial charge in [-0.1, -0.05) is 11.6 Å². The smallest absolute Gasteiger partial charge is 0.143 e. The highest BCUT2D eigenvalue weighted by Crippen LogP contribution is 2.32. The maximum absolute atomic E-state index is 6.08. The standard InChI is InChI=1S/C13H13BrClNOS/c1-8-5-11(12(17-2)6-10(8)15)16-7-13-9(14)3-4-18-13/h3-6,16H,7H2,1-2H3. The zero-order valence-corrected chi connectivity index (χ0v) is 13.2. The molecule has 1 N–H and O–H groups in total. The van der Waals surface area contributed by atoms with Crippen molar-refractivity contribution in [3.05, 3.63) is 43.5 Å². The van der Waals surface area contributed by atoms with Crippen molar-refractivity contribution in [2.45, 2.75) is 13.5 Å². The number of hydrogen-bond donors (Lipinski definition) is 1. The fraction of sp³-hybridized carbons (Fsp3) is 0.231. The molecule has 0 aliphatic heterocycles. The average molecular weight is 347 g/mol. The molecule has 18 heavy (non-hydrogen) atoms. The van der Waals surface area contributed by atoms with Crippen LogP contribution >= 0.6 is 38.9 Å². The summed E-state index contributed by atoms with van der Waals surface area (Å²) in [6, 6.07) is 5.89. The molecule has 0 atom stereocenters. The van der Waals surface area contributed by atoms with Gasteiger partial charge < -0.3 is 10.1 Å². The third-order valence-corrected chi connectivity index (χ3v) is 4.94. The quantitative estimate of drug-likeness (QED) is 0.832. The molecule has 0 aliphatic rings. The predicted molar refractivity (Wildman–Crippen MR) is 82.1 cm³/mol. The molecule has 0 unspecified atom stereocenters. The molecule has 2 nitrogen and oxygen atoms in total. The van der Waals surface area contributed by atoms with Crippen molar-refractivity contribution in [1.29, 1.82) is 0 Å². The third-order valence-electron chi connectivity index (χ3n) is 2.61. The first kappa shape index (κ1) is 13.7. The van der Waals surface area contributed by atoms with Crippen LogP contribution in [-0.4, -0.2) is 7.11 Å². The van der Waals surface area contributed by atoms with Crippen molar-refractivity contribution < 1.29 is 4.74 Å². The minimum atomic E-state index is 0.717. The summed E-state index contributed by atoms with van der Waals surface area (Å²) < 4.78 is 6.46. The van der Waals surface area contributed by atoms with E-state index in [-0.39, 0.29) is 0 Å². The minimum absolute atomic E-state index is 0.717. The Labute approximate surface area is 124 Å². The molecule has 0 aliphatic carbocycles. The van der Waals surface area contributed by atoms with Crippen LogP contribution in [0.5, 0.6) is 5.75 Å². The Hall–Kier alpha value is -0.710. The van der Waals surface area contributed by atoms with Gasteiger partial charge >= 0.3 is 0 Å². The Balaban J connectivity index is 2.18. The van der Waals surface area contributed by atoms with Crippen molar-refractivity contribution in [3.63, 3.8) is 0 Å². The Morgan fingerprint density at radius 1 is 1.44 bits per heavy atom. The fourth-order valence-electron chi connectivity index (χ4n) is 1.60. The molecule has 1 aromatic heterocycles. The molecule has 0 radical (unpaired) electrons. The van der Waals surface area contributed by atoms with E-state index in [0.717, 1.165) is 33.0 Å². The molecule has 2 rings (SSSR count). The maximum atomic E-state index is 6.08. The summed E-state index contributed by atoms with van der Waals surface area (Å²) in [6.45, 7) is 2.74. The molecule has 2 aromatic rings. The van der Waals surface area contributed by atoms with Gasteiger partial charge in [-0.15, -0.1) is 11.3 Å². The number of ether oxygens (including phenoxy) is 1. The van der Waals surface area contributed by atoms with E-state index in [9.17, 15) is 0 Å². The second-order valence-electron chi connectivity index (χ2n) is 3.85. The SMILES string of the molecule is COc1cc(Cl)c(C)cc1NCc1sccc1Br. The van der Waals surface area contributed by atoms with Gasteiger partial charge in [-0.2, -0.15) is 0 Å². The van der Waals surface area contributed by atoms with Gasteiger partial charge in [-0.05, 0) is 45.9 Å². The second kappa shape index (κ2) is 5.95. The molecule has 1 heterocycles. The van der Waals surface area contributed by atoms with Crippen molar-refractivity contribution in [2.75, 3.05) is 12.4 Å². The van der Waals surface area contributed by atoms with E-state index in [2.05, 4.69) is 26.6 Å². The van der Waals surface area contributed by atoms with Crippen LogP contribution in [0, 0.1) is 6.92 Å². The van der Waals surface area contributed by atoms with E-state index in [1.807, 2.05) is 25.1 Å². The van der Waals surface area contributed by atoms with Crippen LogP contribution in [0.1, 0.15) is 10.4 Å². The first-order valence-electron chi connectivity index (χ1n) is 5.41. The molecule has 0 amide bonds. The molecular formula is C13H13BrClNOS. The summed E-state index contributed by atoms with van der Waals surface area (Å²) in [4.78, 5) is 1.25. The Kier molecular flexibility index (Phi) is 4.54. The molecular weight excluding hydrogens is 334 g/mol. The summed E-state index contributed by atoms with van der Waals surface area (Å²) >= 11 is 11.3. The molecule has 0 fully saturated rings. The molecule has 96 valence electrons. The molecule has 0 saturated carbocycles. The van der Waals surface area contributed by atoms with Gasteiger partial charge in [0.05, 0.1) is 19.3 Å². The van der Waals surface area contributed by atoms with E-state index in [4.69, 9.17) is 16.3 Å². The number of anilines is 1. The largest absolute Gasteiger partial charge is 0.495 e. The molecule has 0 bridgehead atoms. The topological polar surface area (TPSA) is 21.3 Å². The monoisotopic (exact) mass is 345 g/mol. The van der Waals surface area contributed by atoms with E-state index < -0.39 is 0 Å². The maximum Gasteiger partial charge on any atom is 0.143 e. The van der Waals surface area contributed by atoms with Crippen LogP contribution in [0.3, 0.4) is 0 Å². The summed E-state index contributed by atoms with van der Waals surface area (Å²) in [6.07, 6.45) is 0. The number of nitrogens with one attached hydrogen (secondary N) is 1. The lowest BCUT2D eigenvalue weighted by molar-refractivity contribution is 0.416. The van der Waals surface area contributed by atoms with Gasteiger partial charge in [-0.3, -0.25) is 0 Å².